The largest absolute Gasteiger partial charge is 0.492 e. The van der Waals surface area contributed by atoms with Gasteiger partial charge in [0, 0.05) is 24.7 Å². The van der Waals surface area contributed by atoms with Crippen LogP contribution in [0.15, 0.2) is 35.8 Å². The summed E-state index contributed by atoms with van der Waals surface area (Å²) < 4.78 is 5.63. The number of hydrogen-bond donors (Lipinski definition) is 1. The normalized spacial score (nSPS) is 10.4. The van der Waals surface area contributed by atoms with Gasteiger partial charge in [-0.15, -0.1) is 11.3 Å². The van der Waals surface area contributed by atoms with E-state index in [-0.39, 0.29) is 0 Å². The van der Waals surface area contributed by atoms with Crippen LogP contribution in [0.1, 0.15) is 10.6 Å². The van der Waals surface area contributed by atoms with Crippen LogP contribution in [-0.4, -0.2) is 18.1 Å². The Morgan fingerprint density at radius 1 is 1.41 bits per heavy atom. The van der Waals surface area contributed by atoms with Crippen molar-refractivity contribution in [1.29, 1.82) is 0 Å². The molecule has 0 aliphatic heterocycles. The number of aryl methyl sites for hydroxylation is 1. The number of ether oxygens (including phenoxy) is 1. The van der Waals surface area contributed by atoms with Crippen LogP contribution in [0.25, 0.3) is 0 Å². The lowest BCUT2D eigenvalue weighted by Gasteiger charge is -2.07. The van der Waals surface area contributed by atoms with Gasteiger partial charge in [-0.25, -0.2) is 4.98 Å². The van der Waals surface area contributed by atoms with Crippen molar-refractivity contribution < 1.29 is 4.74 Å². The van der Waals surface area contributed by atoms with E-state index >= 15 is 0 Å². The Labute approximate surface area is 105 Å². The summed E-state index contributed by atoms with van der Waals surface area (Å²) in [6.45, 7) is 4.38. The molecule has 2 aromatic rings. The lowest BCUT2D eigenvalue weighted by Crippen LogP contribution is -2.20. The summed E-state index contributed by atoms with van der Waals surface area (Å²) in [5, 5.41) is 6.39. The average molecular weight is 248 g/mol. The first kappa shape index (κ1) is 12.1. The zero-order valence-corrected chi connectivity index (χ0v) is 10.7. The minimum absolute atomic E-state index is 0.675. The zero-order chi connectivity index (χ0) is 11.9. The maximum atomic E-state index is 5.63. The SMILES string of the molecule is Cc1cccc(OCCNCc2nccs2)c1. The molecule has 0 spiro atoms. The van der Waals surface area contributed by atoms with E-state index in [9.17, 15) is 0 Å². The van der Waals surface area contributed by atoms with E-state index in [1.807, 2.05) is 29.8 Å². The summed E-state index contributed by atoms with van der Waals surface area (Å²) in [6, 6.07) is 8.09. The van der Waals surface area contributed by atoms with Gasteiger partial charge < -0.3 is 10.1 Å². The molecule has 0 unspecified atom stereocenters. The fourth-order valence-electron chi connectivity index (χ4n) is 1.48. The Balaban J connectivity index is 1.63. The molecule has 0 atom stereocenters. The summed E-state index contributed by atoms with van der Waals surface area (Å²) in [6.07, 6.45) is 1.82. The summed E-state index contributed by atoms with van der Waals surface area (Å²) >= 11 is 1.66. The molecule has 17 heavy (non-hydrogen) atoms. The summed E-state index contributed by atoms with van der Waals surface area (Å²) in [5.41, 5.74) is 1.22. The number of rotatable bonds is 6. The highest BCUT2D eigenvalue weighted by Gasteiger charge is 1.96. The lowest BCUT2D eigenvalue weighted by atomic mass is 10.2. The molecule has 0 saturated carbocycles. The number of aromatic nitrogens is 1. The number of thiazole rings is 1. The molecule has 0 aliphatic carbocycles. The molecule has 2 rings (SSSR count). The average Bonchev–Trinajstić information content (AvgIpc) is 2.82. The van der Waals surface area contributed by atoms with E-state index in [1.54, 1.807) is 11.3 Å². The van der Waals surface area contributed by atoms with Crippen molar-refractivity contribution in [2.24, 2.45) is 0 Å². The second-order valence-corrected chi connectivity index (χ2v) is 4.75. The first-order chi connectivity index (χ1) is 8.34. The first-order valence-electron chi connectivity index (χ1n) is 5.63. The first-order valence-corrected chi connectivity index (χ1v) is 6.51. The van der Waals surface area contributed by atoms with E-state index in [0.29, 0.717) is 6.61 Å². The maximum Gasteiger partial charge on any atom is 0.119 e. The van der Waals surface area contributed by atoms with Crippen molar-refractivity contribution in [1.82, 2.24) is 10.3 Å². The molecule has 3 nitrogen and oxygen atoms in total. The van der Waals surface area contributed by atoms with Gasteiger partial charge in [-0.05, 0) is 24.6 Å². The molecule has 0 amide bonds. The molecule has 0 bridgehead atoms. The monoisotopic (exact) mass is 248 g/mol. The van der Waals surface area contributed by atoms with E-state index in [0.717, 1.165) is 23.8 Å². The summed E-state index contributed by atoms with van der Waals surface area (Å²) in [7, 11) is 0. The molecule has 1 aromatic carbocycles. The summed E-state index contributed by atoms with van der Waals surface area (Å²) in [5.74, 6) is 0.932. The topological polar surface area (TPSA) is 34.1 Å². The Bertz CT molecular complexity index is 442. The van der Waals surface area contributed by atoms with Crippen molar-refractivity contribution in [2.75, 3.05) is 13.2 Å². The quantitative estimate of drug-likeness (QED) is 0.798. The van der Waals surface area contributed by atoms with Gasteiger partial charge >= 0.3 is 0 Å². The smallest absolute Gasteiger partial charge is 0.119 e. The molecule has 1 aromatic heterocycles. The molecule has 90 valence electrons. The highest BCUT2D eigenvalue weighted by molar-refractivity contribution is 7.09. The van der Waals surface area contributed by atoms with Gasteiger partial charge in [0.05, 0.1) is 0 Å². The minimum atomic E-state index is 0.675. The molecule has 0 fully saturated rings. The van der Waals surface area contributed by atoms with Crippen LogP contribution in [0.4, 0.5) is 0 Å². The van der Waals surface area contributed by atoms with Crippen molar-refractivity contribution in [2.45, 2.75) is 13.5 Å². The van der Waals surface area contributed by atoms with Gasteiger partial charge in [-0.1, -0.05) is 12.1 Å². The zero-order valence-electron chi connectivity index (χ0n) is 9.85. The van der Waals surface area contributed by atoms with Gasteiger partial charge in [0.2, 0.25) is 0 Å². The van der Waals surface area contributed by atoms with Gasteiger partial charge in [0.1, 0.15) is 17.4 Å². The minimum Gasteiger partial charge on any atom is -0.492 e. The molecular weight excluding hydrogens is 232 g/mol. The third-order valence-corrected chi connectivity index (χ3v) is 3.08. The molecule has 4 heteroatoms. The van der Waals surface area contributed by atoms with E-state index in [4.69, 9.17) is 4.74 Å². The fraction of sp³-hybridized carbons (Fsp3) is 0.308. The van der Waals surface area contributed by atoms with Gasteiger partial charge in [-0.3, -0.25) is 0 Å². The van der Waals surface area contributed by atoms with Gasteiger partial charge in [0.15, 0.2) is 0 Å². The third-order valence-electron chi connectivity index (χ3n) is 2.30. The van der Waals surface area contributed by atoms with Crippen LogP contribution in [0.5, 0.6) is 5.75 Å². The fourth-order valence-corrected chi connectivity index (χ4v) is 2.07. The van der Waals surface area contributed by atoms with E-state index in [2.05, 4.69) is 23.3 Å². The number of nitrogens with one attached hydrogen (secondary N) is 1. The second kappa shape index (κ2) is 6.37. The highest BCUT2D eigenvalue weighted by atomic mass is 32.1. The molecular formula is C13H16N2OS. The van der Waals surface area contributed by atoms with Crippen LogP contribution in [-0.2, 0) is 6.54 Å². The van der Waals surface area contributed by atoms with Crippen molar-refractivity contribution in [3.05, 3.63) is 46.4 Å². The number of benzene rings is 1. The molecule has 1 N–H and O–H groups in total. The summed E-state index contributed by atoms with van der Waals surface area (Å²) in [4.78, 5) is 4.20. The predicted octanol–water partition coefficient (Wildman–Crippen LogP) is 2.62. The number of hydrogen-bond acceptors (Lipinski definition) is 4. The Morgan fingerprint density at radius 2 is 2.35 bits per heavy atom. The Morgan fingerprint density at radius 3 is 3.12 bits per heavy atom. The van der Waals surface area contributed by atoms with Crippen LogP contribution in [0.2, 0.25) is 0 Å². The van der Waals surface area contributed by atoms with Crippen LogP contribution < -0.4 is 10.1 Å². The molecule has 0 radical (unpaired) electrons. The Hall–Kier alpha value is -1.39. The molecule has 1 heterocycles. The maximum absolute atomic E-state index is 5.63. The lowest BCUT2D eigenvalue weighted by molar-refractivity contribution is 0.313. The molecule has 0 saturated heterocycles. The van der Waals surface area contributed by atoms with Crippen LogP contribution in [0, 0.1) is 6.92 Å². The van der Waals surface area contributed by atoms with Crippen molar-refractivity contribution in [3.8, 4) is 5.75 Å². The van der Waals surface area contributed by atoms with Crippen LogP contribution in [0.3, 0.4) is 0 Å². The van der Waals surface area contributed by atoms with Gasteiger partial charge in [-0.2, -0.15) is 0 Å². The van der Waals surface area contributed by atoms with E-state index in [1.165, 1.54) is 5.56 Å². The van der Waals surface area contributed by atoms with Crippen molar-refractivity contribution >= 4 is 11.3 Å². The third kappa shape index (κ3) is 4.17. The highest BCUT2D eigenvalue weighted by Crippen LogP contribution is 2.11. The van der Waals surface area contributed by atoms with Crippen LogP contribution >= 0.6 is 11.3 Å². The Kier molecular flexibility index (Phi) is 4.53. The predicted molar refractivity (Wildman–Crippen MR) is 70.5 cm³/mol. The molecule has 0 aliphatic rings. The van der Waals surface area contributed by atoms with Crippen molar-refractivity contribution in [3.63, 3.8) is 0 Å². The second-order valence-electron chi connectivity index (χ2n) is 3.77. The van der Waals surface area contributed by atoms with Gasteiger partial charge in [0.25, 0.3) is 0 Å². The number of nitrogens with zero attached hydrogens (tertiary/aromatic N) is 1. The standard InChI is InChI=1S/C13H16N2OS/c1-11-3-2-4-12(9-11)16-7-5-14-10-13-15-6-8-17-13/h2-4,6,8-9,14H,5,7,10H2,1H3. The van der Waals surface area contributed by atoms with E-state index < -0.39 is 0 Å².